The molecule has 0 heterocycles. The summed E-state index contributed by atoms with van der Waals surface area (Å²) >= 11 is 0. The Hall–Kier alpha value is -2.79. The van der Waals surface area contributed by atoms with Gasteiger partial charge in [-0.25, -0.2) is 8.42 Å². The van der Waals surface area contributed by atoms with E-state index >= 15 is 0 Å². The molecule has 3 aromatic carbocycles. The van der Waals surface area contributed by atoms with Crippen molar-refractivity contribution in [3.05, 3.63) is 89.5 Å². The van der Waals surface area contributed by atoms with Crippen LogP contribution < -0.4 is 9.04 Å². The fraction of sp³-hybridized carbons (Fsp3) is 0.217. The van der Waals surface area contributed by atoms with Gasteiger partial charge in [-0.3, -0.25) is 4.31 Å². The predicted molar refractivity (Wildman–Crippen MR) is 113 cm³/mol. The van der Waals surface area contributed by atoms with Crippen LogP contribution in [0.25, 0.3) is 0 Å². The molecule has 28 heavy (non-hydrogen) atoms. The van der Waals surface area contributed by atoms with Gasteiger partial charge in [0, 0.05) is 6.07 Å². The lowest BCUT2D eigenvalue weighted by molar-refractivity contribution is 0.413. The minimum absolute atomic E-state index is 0.201. The van der Waals surface area contributed by atoms with Crippen LogP contribution in [0.4, 0.5) is 5.69 Å². The van der Waals surface area contributed by atoms with Crippen molar-refractivity contribution in [1.29, 1.82) is 0 Å². The van der Waals surface area contributed by atoms with Crippen LogP contribution in [0.2, 0.25) is 0 Å². The summed E-state index contributed by atoms with van der Waals surface area (Å²) in [5, 5.41) is 0. The van der Waals surface area contributed by atoms with Crippen LogP contribution in [0, 0.1) is 13.8 Å². The fourth-order valence-electron chi connectivity index (χ4n) is 3.19. The number of benzene rings is 3. The van der Waals surface area contributed by atoms with E-state index in [1.165, 1.54) is 11.4 Å². The van der Waals surface area contributed by atoms with E-state index in [0.29, 0.717) is 11.4 Å². The van der Waals surface area contributed by atoms with Gasteiger partial charge in [0.15, 0.2) is 0 Å². The first-order valence-electron chi connectivity index (χ1n) is 9.14. The third-order valence-corrected chi connectivity index (χ3v) is 6.66. The molecule has 0 aliphatic rings. The Kier molecular flexibility index (Phi) is 5.75. The lowest BCUT2D eigenvalue weighted by atomic mass is 10.1. The van der Waals surface area contributed by atoms with Gasteiger partial charge in [-0.1, -0.05) is 48.0 Å². The summed E-state index contributed by atoms with van der Waals surface area (Å²) in [6.45, 7) is 5.88. The third kappa shape index (κ3) is 4.04. The molecule has 146 valence electrons. The minimum Gasteiger partial charge on any atom is -0.497 e. The highest BCUT2D eigenvalue weighted by Crippen LogP contribution is 2.34. The number of hydrogen-bond donors (Lipinski definition) is 0. The number of hydrogen-bond acceptors (Lipinski definition) is 3. The Balaban J connectivity index is 2.16. The maximum Gasteiger partial charge on any atom is 0.265 e. The molecule has 0 fully saturated rings. The molecule has 0 radical (unpaired) electrons. The maximum atomic E-state index is 13.7. The molecule has 0 amide bonds. The molecule has 3 aromatic rings. The zero-order valence-corrected chi connectivity index (χ0v) is 17.4. The lowest BCUT2D eigenvalue weighted by Crippen LogP contribution is -2.33. The molecule has 1 atom stereocenters. The quantitative estimate of drug-likeness (QED) is 0.571. The molecular formula is C23H25NO3S. The van der Waals surface area contributed by atoms with Crippen LogP contribution in [0.15, 0.2) is 77.7 Å². The zero-order valence-electron chi connectivity index (χ0n) is 16.6. The Morgan fingerprint density at radius 1 is 0.857 bits per heavy atom. The number of ether oxygens (including phenoxy) is 1. The second-order valence-corrected chi connectivity index (χ2v) is 8.72. The van der Waals surface area contributed by atoms with Crippen molar-refractivity contribution in [2.75, 3.05) is 11.4 Å². The summed E-state index contributed by atoms with van der Waals surface area (Å²) in [6.07, 6.45) is 0. The van der Waals surface area contributed by atoms with Crippen LogP contribution in [-0.4, -0.2) is 15.5 Å². The normalized spacial score (nSPS) is 12.4. The first kappa shape index (κ1) is 20.0. The summed E-state index contributed by atoms with van der Waals surface area (Å²) in [6, 6.07) is 21.7. The highest BCUT2D eigenvalue weighted by molar-refractivity contribution is 7.92. The van der Waals surface area contributed by atoms with Crippen LogP contribution in [0.1, 0.15) is 29.7 Å². The van der Waals surface area contributed by atoms with Gasteiger partial charge in [0.1, 0.15) is 5.75 Å². The van der Waals surface area contributed by atoms with Crippen molar-refractivity contribution < 1.29 is 13.2 Å². The van der Waals surface area contributed by atoms with Crippen LogP contribution in [0.3, 0.4) is 0 Å². The van der Waals surface area contributed by atoms with Gasteiger partial charge < -0.3 is 4.74 Å². The molecule has 0 spiro atoms. The summed E-state index contributed by atoms with van der Waals surface area (Å²) < 4.78 is 34.0. The van der Waals surface area contributed by atoms with Gasteiger partial charge in [0.2, 0.25) is 0 Å². The first-order valence-corrected chi connectivity index (χ1v) is 10.6. The van der Waals surface area contributed by atoms with E-state index in [0.717, 1.165) is 16.7 Å². The topological polar surface area (TPSA) is 46.6 Å². The molecule has 0 aliphatic carbocycles. The van der Waals surface area contributed by atoms with Crippen molar-refractivity contribution >= 4 is 15.7 Å². The molecule has 0 saturated heterocycles. The molecule has 0 aliphatic heterocycles. The molecule has 1 unspecified atom stereocenters. The van der Waals surface area contributed by atoms with Crippen molar-refractivity contribution in [2.45, 2.75) is 31.7 Å². The Labute approximate surface area is 167 Å². The molecular weight excluding hydrogens is 370 g/mol. The second kappa shape index (κ2) is 8.07. The minimum atomic E-state index is -3.81. The standard InChI is InChI=1S/C23H25NO3S/c1-17-11-13-20(14-12-17)19(3)24(21-8-5-7-18(2)15-21)28(25,26)23-10-6-9-22(16-23)27-4/h5-16,19H,1-4H3. The summed E-state index contributed by atoms with van der Waals surface area (Å²) in [4.78, 5) is 0.201. The SMILES string of the molecule is COc1cccc(S(=O)(=O)N(c2cccc(C)c2)C(C)c2ccc(C)cc2)c1. The lowest BCUT2D eigenvalue weighted by Gasteiger charge is -2.31. The molecule has 0 N–H and O–H groups in total. The van der Waals surface area contributed by atoms with Gasteiger partial charge >= 0.3 is 0 Å². The van der Waals surface area contributed by atoms with Gasteiger partial charge in [-0.2, -0.15) is 0 Å². The van der Waals surface area contributed by atoms with E-state index in [9.17, 15) is 8.42 Å². The largest absolute Gasteiger partial charge is 0.497 e. The van der Waals surface area contributed by atoms with Gasteiger partial charge in [-0.15, -0.1) is 0 Å². The van der Waals surface area contributed by atoms with E-state index in [1.807, 2.05) is 69.3 Å². The number of aryl methyl sites for hydroxylation is 2. The zero-order chi connectivity index (χ0) is 20.3. The number of sulfonamides is 1. The van der Waals surface area contributed by atoms with E-state index < -0.39 is 10.0 Å². The number of rotatable bonds is 6. The van der Waals surface area contributed by atoms with Crippen LogP contribution in [-0.2, 0) is 10.0 Å². The second-order valence-electron chi connectivity index (χ2n) is 6.91. The van der Waals surface area contributed by atoms with Gasteiger partial charge in [-0.05, 0) is 56.2 Å². The van der Waals surface area contributed by atoms with E-state index in [2.05, 4.69) is 0 Å². The van der Waals surface area contributed by atoms with E-state index in [4.69, 9.17) is 4.74 Å². The van der Waals surface area contributed by atoms with Crippen molar-refractivity contribution in [3.63, 3.8) is 0 Å². The monoisotopic (exact) mass is 395 g/mol. The maximum absolute atomic E-state index is 13.7. The molecule has 0 bridgehead atoms. The van der Waals surface area contributed by atoms with Gasteiger partial charge in [0.05, 0.1) is 23.7 Å². The van der Waals surface area contributed by atoms with E-state index in [-0.39, 0.29) is 10.9 Å². The highest BCUT2D eigenvalue weighted by Gasteiger charge is 2.30. The Morgan fingerprint density at radius 3 is 2.18 bits per heavy atom. The Bertz CT molecular complexity index is 1060. The average Bonchev–Trinajstić information content (AvgIpc) is 2.68. The predicted octanol–water partition coefficient (Wildman–Crippen LogP) is 5.27. The van der Waals surface area contributed by atoms with Crippen LogP contribution >= 0.6 is 0 Å². The van der Waals surface area contributed by atoms with Crippen molar-refractivity contribution in [1.82, 2.24) is 0 Å². The fourth-order valence-corrected chi connectivity index (χ4v) is 4.86. The van der Waals surface area contributed by atoms with Gasteiger partial charge in [0.25, 0.3) is 10.0 Å². The molecule has 0 saturated carbocycles. The smallest absolute Gasteiger partial charge is 0.265 e. The number of anilines is 1. The summed E-state index contributed by atoms with van der Waals surface area (Å²) in [5.41, 5.74) is 3.70. The molecule has 5 heteroatoms. The molecule has 4 nitrogen and oxygen atoms in total. The molecule has 3 rings (SSSR count). The summed E-state index contributed by atoms with van der Waals surface area (Å²) in [5.74, 6) is 0.508. The van der Waals surface area contributed by atoms with Crippen molar-refractivity contribution in [3.8, 4) is 5.75 Å². The third-order valence-electron chi connectivity index (χ3n) is 4.77. The Morgan fingerprint density at radius 2 is 1.54 bits per heavy atom. The number of nitrogens with zero attached hydrogens (tertiary/aromatic N) is 1. The van der Waals surface area contributed by atoms with Crippen LogP contribution in [0.5, 0.6) is 5.75 Å². The average molecular weight is 396 g/mol. The summed E-state index contributed by atoms with van der Waals surface area (Å²) in [7, 11) is -2.28. The van der Waals surface area contributed by atoms with Crippen molar-refractivity contribution in [2.24, 2.45) is 0 Å². The number of methoxy groups -OCH3 is 1. The highest BCUT2D eigenvalue weighted by atomic mass is 32.2. The van der Waals surface area contributed by atoms with E-state index in [1.54, 1.807) is 24.3 Å². The molecule has 0 aromatic heterocycles. The first-order chi connectivity index (χ1) is 13.3.